The second kappa shape index (κ2) is 4.34. The number of carbonyl (C=O) groups is 2. The molecule has 0 radical (unpaired) electrons. The first-order valence-electron chi connectivity index (χ1n) is 6.12. The first-order valence-corrected chi connectivity index (χ1v) is 7.56. The molecule has 0 bridgehead atoms. The minimum atomic E-state index is -4.45. The molecule has 1 aliphatic carbocycles. The molecule has 2 aromatic carbocycles. The van der Waals surface area contributed by atoms with Crippen LogP contribution in [0.15, 0.2) is 41.3 Å². The van der Waals surface area contributed by atoms with Crippen molar-refractivity contribution < 1.29 is 22.6 Å². The first-order chi connectivity index (χ1) is 9.82. The summed E-state index contributed by atoms with van der Waals surface area (Å²) in [6.45, 7) is 1.40. The van der Waals surface area contributed by atoms with Gasteiger partial charge in [-0.25, -0.2) is 0 Å². The summed E-state index contributed by atoms with van der Waals surface area (Å²) in [5, 5.41) is 0. The number of hydrogen-bond donors (Lipinski definition) is 1. The predicted octanol–water partition coefficient (Wildman–Crippen LogP) is 2.02. The van der Waals surface area contributed by atoms with Crippen LogP contribution in [0.2, 0.25) is 0 Å². The van der Waals surface area contributed by atoms with Crippen molar-refractivity contribution in [2.24, 2.45) is 0 Å². The van der Waals surface area contributed by atoms with Crippen molar-refractivity contribution in [3.8, 4) is 0 Å². The second-order valence-corrected chi connectivity index (χ2v) is 6.18. The highest BCUT2D eigenvalue weighted by atomic mass is 32.2. The van der Waals surface area contributed by atoms with E-state index in [9.17, 15) is 22.6 Å². The van der Waals surface area contributed by atoms with Crippen molar-refractivity contribution in [1.82, 2.24) is 0 Å². The van der Waals surface area contributed by atoms with E-state index >= 15 is 0 Å². The van der Waals surface area contributed by atoms with E-state index in [0.29, 0.717) is 5.56 Å². The summed E-state index contributed by atoms with van der Waals surface area (Å²) >= 11 is 0. The Kier molecular flexibility index (Phi) is 2.82. The van der Waals surface area contributed by atoms with E-state index in [1.165, 1.54) is 19.1 Å². The molecule has 0 atom stereocenters. The van der Waals surface area contributed by atoms with E-state index < -0.39 is 15.9 Å². The Morgan fingerprint density at radius 3 is 2.00 bits per heavy atom. The smallest absolute Gasteiger partial charge is 0.289 e. The lowest BCUT2D eigenvalue weighted by Crippen LogP contribution is -2.23. The maximum Gasteiger partial charge on any atom is 0.294 e. The molecule has 0 unspecified atom stereocenters. The minimum absolute atomic E-state index is 0.0359. The molecule has 0 heterocycles. The van der Waals surface area contributed by atoms with E-state index in [1.807, 2.05) is 0 Å². The van der Waals surface area contributed by atoms with Gasteiger partial charge in [0.1, 0.15) is 0 Å². The quantitative estimate of drug-likeness (QED) is 0.695. The Bertz CT molecular complexity index is 910. The van der Waals surface area contributed by atoms with Gasteiger partial charge in [-0.3, -0.25) is 14.1 Å². The van der Waals surface area contributed by atoms with Crippen molar-refractivity contribution in [3.05, 3.63) is 64.2 Å². The van der Waals surface area contributed by atoms with Gasteiger partial charge in [0.25, 0.3) is 10.1 Å². The van der Waals surface area contributed by atoms with Gasteiger partial charge in [0, 0.05) is 22.3 Å². The van der Waals surface area contributed by atoms with E-state index in [-0.39, 0.29) is 32.9 Å². The van der Waals surface area contributed by atoms with Crippen molar-refractivity contribution in [3.63, 3.8) is 0 Å². The lowest BCUT2D eigenvalue weighted by atomic mass is 9.82. The fourth-order valence-electron chi connectivity index (χ4n) is 2.61. The van der Waals surface area contributed by atoms with Gasteiger partial charge in [-0.05, 0) is 24.6 Å². The van der Waals surface area contributed by atoms with Crippen LogP contribution in [0.25, 0.3) is 0 Å². The zero-order valence-corrected chi connectivity index (χ0v) is 11.8. The summed E-state index contributed by atoms with van der Waals surface area (Å²) < 4.78 is 31.9. The number of carbonyl (C=O) groups excluding carboxylic acids is 2. The van der Waals surface area contributed by atoms with Crippen molar-refractivity contribution in [2.75, 3.05) is 0 Å². The second-order valence-electron chi connectivity index (χ2n) is 4.79. The van der Waals surface area contributed by atoms with Gasteiger partial charge in [-0.2, -0.15) is 8.42 Å². The Hall–Kier alpha value is -2.31. The summed E-state index contributed by atoms with van der Waals surface area (Å²) in [6.07, 6.45) is 0. The van der Waals surface area contributed by atoms with Crippen LogP contribution >= 0.6 is 0 Å². The van der Waals surface area contributed by atoms with Crippen LogP contribution in [0, 0.1) is 6.92 Å². The Labute approximate surface area is 121 Å². The molecule has 1 aliphatic rings. The lowest BCUT2D eigenvalue weighted by Gasteiger charge is -2.20. The average molecular weight is 302 g/mol. The molecule has 21 heavy (non-hydrogen) atoms. The largest absolute Gasteiger partial charge is 0.294 e. The zero-order chi connectivity index (χ0) is 15.4. The lowest BCUT2D eigenvalue weighted by molar-refractivity contribution is 0.0978. The van der Waals surface area contributed by atoms with Crippen LogP contribution in [0.1, 0.15) is 37.4 Å². The highest BCUT2D eigenvalue weighted by Gasteiger charge is 2.32. The Balaban J connectivity index is 2.37. The van der Waals surface area contributed by atoms with Crippen molar-refractivity contribution >= 4 is 21.7 Å². The molecule has 1 N–H and O–H groups in total. The molecular weight excluding hydrogens is 292 g/mol. The van der Waals surface area contributed by atoms with Gasteiger partial charge in [-0.15, -0.1) is 0 Å². The molecule has 6 heteroatoms. The highest BCUT2D eigenvalue weighted by Crippen LogP contribution is 2.32. The minimum Gasteiger partial charge on any atom is -0.289 e. The summed E-state index contributed by atoms with van der Waals surface area (Å²) in [5.74, 6) is -0.742. The van der Waals surface area contributed by atoms with Crippen LogP contribution in [0.4, 0.5) is 0 Å². The van der Waals surface area contributed by atoms with Gasteiger partial charge in [0.2, 0.25) is 0 Å². The van der Waals surface area contributed by atoms with E-state index in [4.69, 9.17) is 0 Å². The Morgan fingerprint density at radius 1 is 0.857 bits per heavy atom. The third-order valence-electron chi connectivity index (χ3n) is 3.58. The maximum atomic E-state index is 12.5. The van der Waals surface area contributed by atoms with Crippen molar-refractivity contribution in [2.45, 2.75) is 11.8 Å². The van der Waals surface area contributed by atoms with Gasteiger partial charge < -0.3 is 0 Å². The van der Waals surface area contributed by atoms with E-state index in [0.717, 1.165) is 6.07 Å². The molecule has 2 aromatic rings. The van der Waals surface area contributed by atoms with E-state index in [2.05, 4.69) is 0 Å². The molecule has 5 nitrogen and oxygen atoms in total. The molecule has 106 valence electrons. The molecule has 0 aromatic heterocycles. The standard InChI is InChI=1S/C15H10O5S/c1-8-12(21(18,19)20)7-6-11-13(8)15(17)10-5-3-2-4-9(10)14(11)16/h2-7H,1H3,(H,18,19,20). The van der Waals surface area contributed by atoms with Gasteiger partial charge >= 0.3 is 0 Å². The monoisotopic (exact) mass is 302 g/mol. The number of ketones is 2. The fourth-order valence-corrected chi connectivity index (χ4v) is 3.34. The zero-order valence-electron chi connectivity index (χ0n) is 11.0. The molecule has 0 aliphatic heterocycles. The molecule has 0 amide bonds. The average Bonchev–Trinajstić information content (AvgIpc) is 2.43. The SMILES string of the molecule is Cc1c(S(=O)(=O)O)ccc2c1C(=O)c1ccccc1C2=O. The summed E-state index contributed by atoms with van der Waals surface area (Å²) in [6, 6.07) is 8.79. The highest BCUT2D eigenvalue weighted by molar-refractivity contribution is 7.85. The van der Waals surface area contributed by atoms with Crippen LogP contribution < -0.4 is 0 Å². The third kappa shape index (κ3) is 1.91. The van der Waals surface area contributed by atoms with Gasteiger partial charge in [0.05, 0.1) is 4.90 Å². The third-order valence-corrected chi connectivity index (χ3v) is 4.58. The summed E-state index contributed by atoms with van der Waals surface area (Å²) in [7, 11) is -4.45. The fraction of sp³-hybridized carbons (Fsp3) is 0.0667. The molecule has 0 saturated heterocycles. The van der Waals surface area contributed by atoms with E-state index in [1.54, 1.807) is 18.2 Å². The maximum absolute atomic E-state index is 12.5. The van der Waals surface area contributed by atoms with Crippen LogP contribution in [-0.2, 0) is 10.1 Å². The first kappa shape index (κ1) is 13.7. The van der Waals surface area contributed by atoms with Crippen LogP contribution in [-0.4, -0.2) is 24.5 Å². The Morgan fingerprint density at radius 2 is 1.43 bits per heavy atom. The van der Waals surface area contributed by atoms with Crippen molar-refractivity contribution in [1.29, 1.82) is 0 Å². The number of hydrogen-bond acceptors (Lipinski definition) is 4. The molecule has 0 fully saturated rings. The molecule has 0 saturated carbocycles. The van der Waals surface area contributed by atoms with Crippen LogP contribution in [0.3, 0.4) is 0 Å². The predicted molar refractivity (Wildman–Crippen MR) is 74.3 cm³/mol. The van der Waals surface area contributed by atoms with Crippen LogP contribution in [0.5, 0.6) is 0 Å². The van der Waals surface area contributed by atoms with Gasteiger partial charge in [0.15, 0.2) is 11.6 Å². The van der Waals surface area contributed by atoms with Gasteiger partial charge in [-0.1, -0.05) is 24.3 Å². The molecule has 0 spiro atoms. The summed E-state index contributed by atoms with van der Waals surface area (Å²) in [5.41, 5.74) is 0.819. The number of fused-ring (bicyclic) bond motifs is 2. The molecule has 3 rings (SSSR count). The summed E-state index contributed by atoms with van der Waals surface area (Å²) in [4.78, 5) is 24.6. The normalized spacial score (nSPS) is 13.8. The number of benzene rings is 2. The topological polar surface area (TPSA) is 88.5 Å². The number of rotatable bonds is 1. The molecular formula is C15H10O5S.